The van der Waals surface area contributed by atoms with E-state index in [1.807, 2.05) is 0 Å². The highest BCUT2D eigenvalue weighted by molar-refractivity contribution is 7.89. The Morgan fingerprint density at radius 3 is 2.65 bits per heavy atom. The van der Waals surface area contributed by atoms with Gasteiger partial charge in [0.2, 0.25) is 10.0 Å². The molecule has 0 heterocycles. The lowest BCUT2D eigenvalue weighted by Gasteiger charge is -2.15. The fourth-order valence-corrected chi connectivity index (χ4v) is 3.21. The molecule has 0 aliphatic heterocycles. The maximum absolute atomic E-state index is 13.5. The molecule has 0 spiro atoms. The minimum atomic E-state index is -3.91. The molecule has 0 radical (unpaired) electrons. The van der Waals surface area contributed by atoms with Crippen molar-refractivity contribution in [3.05, 3.63) is 29.6 Å². The molecule has 0 bridgehead atoms. The van der Waals surface area contributed by atoms with E-state index in [0.717, 1.165) is 6.07 Å². The Bertz CT molecular complexity index is 538. The Labute approximate surface area is 99.5 Å². The van der Waals surface area contributed by atoms with Crippen molar-refractivity contribution in [2.75, 3.05) is 6.61 Å². The highest BCUT2D eigenvalue weighted by atomic mass is 32.2. The number of aliphatic hydroxyl groups excluding tert-OH is 1. The summed E-state index contributed by atoms with van der Waals surface area (Å²) in [5.74, 6) is -0.781. The Morgan fingerprint density at radius 1 is 1.47 bits per heavy atom. The second-order valence-electron chi connectivity index (χ2n) is 4.48. The topological polar surface area (TPSA) is 66.4 Å². The van der Waals surface area contributed by atoms with Gasteiger partial charge in [-0.15, -0.1) is 0 Å². The number of halogens is 1. The van der Waals surface area contributed by atoms with E-state index in [4.69, 9.17) is 5.11 Å². The van der Waals surface area contributed by atoms with Crippen LogP contribution in [0.15, 0.2) is 23.1 Å². The van der Waals surface area contributed by atoms with Gasteiger partial charge in [0.15, 0.2) is 0 Å². The quantitative estimate of drug-likeness (QED) is 0.845. The van der Waals surface area contributed by atoms with E-state index in [1.54, 1.807) is 6.92 Å². The lowest BCUT2D eigenvalue weighted by Crippen LogP contribution is -2.39. The van der Waals surface area contributed by atoms with Crippen LogP contribution in [0.25, 0.3) is 0 Å². The van der Waals surface area contributed by atoms with Crippen LogP contribution in [0.1, 0.15) is 18.4 Å². The van der Waals surface area contributed by atoms with Crippen LogP contribution in [-0.4, -0.2) is 25.7 Å². The Morgan fingerprint density at radius 2 is 2.12 bits per heavy atom. The zero-order valence-electron chi connectivity index (χ0n) is 9.40. The number of hydrogen-bond donors (Lipinski definition) is 2. The first kappa shape index (κ1) is 12.5. The summed E-state index contributed by atoms with van der Waals surface area (Å²) in [6.07, 6.45) is 1.16. The van der Waals surface area contributed by atoms with E-state index < -0.39 is 21.4 Å². The van der Waals surface area contributed by atoms with Gasteiger partial charge in [0.25, 0.3) is 0 Å². The van der Waals surface area contributed by atoms with Crippen LogP contribution in [0.4, 0.5) is 4.39 Å². The molecule has 1 aliphatic carbocycles. The Hall–Kier alpha value is -0.980. The van der Waals surface area contributed by atoms with E-state index in [1.165, 1.54) is 12.1 Å². The molecule has 0 aromatic heterocycles. The van der Waals surface area contributed by atoms with Gasteiger partial charge in [-0.2, -0.15) is 0 Å². The molecule has 0 amide bonds. The molecule has 4 nitrogen and oxygen atoms in total. The third-order valence-corrected chi connectivity index (χ3v) is 4.48. The van der Waals surface area contributed by atoms with Crippen molar-refractivity contribution in [2.24, 2.45) is 0 Å². The van der Waals surface area contributed by atoms with E-state index in [0.29, 0.717) is 18.4 Å². The third kappa shape index (κ3) is 2.48. The lowest BCUT2D eigenvalue weighted by molar-refractivity contribution is 0.246. The molecular formula is C11H14FNO3S. The maximum atomic E-state index is 13.5. The molecule has 17 heavy (non-hydrogen) atoms. The van der Waals surface area contributed by atoms with Crippen molar-refractivity contribution >= 4 is 10.0 Å². The van der Waals surface area contributed by atoms with Gasteiger partial charge in [-0.25, -0.2) is 17.5 Å². The van der Waals surface area contributed by atoms with Gasteiger partial charge in [-0.3, -0.25) is 0 Å². The average Bonchev–Trinajstić information content (AvgIpc) is 3.01. The normalized spacial score (nSPS) is 18.1. The predicted molar refractivity (Wildman–Crippen MR) is 60.5 cm³/mol. The van der Waals surface area contributed by atoms with Crippen LogP contribution < -0.4 is 4.72 Å². The van der Waals surface area contributed by atoms with E-state index >= 15 is 0 Å². The highest BCUT2D eigenvalue weighted by Gasteiger charge is 2.46. The number of aliphatic hydroxyl groups is 1. The number of nitrogens with one attached hydrogen (secondary N) is 1. The number of sulfonamides is 1. The summed E-state index contributed by atoms with van der Waals surface area (Å²) >= 11 is 0. The van der Waals surface area contributed by atoms with Gasteiger partial charge < -0.3 is 5.11 Å². The van der Waals surface area contributed by atoms with Crippen molar-refractivity contribution in [2.45, 2.75) is 30.2 Å². The summed E-state index contributed by atoms with van der Waals surface area (Å²) in [6.45, 7) is 1.43. The number of aryl methyl sites for hydroxylation is 1. The van der Waals surface area contributed by atoms with Gasteiger partial charge >= 0.3 is 0 Å². The van der Waals surface area contributed by atoms with Crippen LogP contribution in [-0.2, 0) is 10.0 Å². The third-order valence-electron chi connectivity index (χ3n) is 2.88. The average molecular weight is 259 g/mol. The highest BCUT2D eigenvalue weighted by Crippen LogP contribution is 2.36. The van der Waals surface area contributed by atoms with Crippen LogP contribution in [0.2, 0.25) is 0 Å². The van der Waals surface area contributed by atoms with Crippen molar-refractivity contribution in [3.63, 3.8) is 0 Å². The molecule has 1 fully saturated rings. The second kappa shape index (κ2) is 4.04. The van der Waals surface area contributed by atoms with Gasteiger partial charge in [0.1, 0.15) is 10.7 Å². The summed E-state index contributed by atoms with van der Waals surface area (Å²) in [4.78, 5) is -0.364. The maximum Gasteiger partial charge on any atom is 0.244 e. The molecule has 94 valence electrons. The summed E-state index contributed by atoms with van der Waals surface area (Å²) < 4.78 is 39.8. The lowest BCUT2D eigenvalue weighted by atomic mass is 10.2. The van der Waals surface area contributed by atoms with Crippen molar-refractivity contribution in [3.8, 4) is 0 Å². The van der Waals surface area contributed by atoms with Gasteiger partial charge in [0.05, 0.1) is 12.1 Å². The van der Waals surface area contributed by atoms with Crippen molar-refractivity contribution in [1.82, 2.24) is 4.72 Å². The van der Waals surface area contributed by atoms with Crippen molar-refractivity contribution in [1.29, 1.82) is 0 Å². The smallest absolute Gasteiger partial charge is 0.244 e. The van der Waals surface area contributed by atoms with Gasteiger partial charge in [-0.1, -0.05) is 6.07 Å². The van der Waals surface area contributed by atoms with E-state index in [9.17, 15) is 12.8 Å². The molecule has 0 unspecified atom stereocenters. The number of benzene rings is 1. The number of rotatable bonds is 4. The summed E-state index contributed by atoms with van der Waals surface area (Å²) in [5, 5.41) is 9.07. The SMILES string of the molecule is Cc1ccc(F)c(S(=O)(=O)NC2(CO)CC2)c1. The molecule has 1 aromatic rings. The van der Waals surface area contributed by atoms with E-state index in [-0.39, 0.29) is 11.5 Å². The zero-order chi connectivity index (χ0) is 12.7. The van der Waals surface area contributed by atoms with Crippen LogP contribution in [0, 0.1) is 12.7 Å². The van der Waals surface area contributed by atoms with Crippen molar-refractivity contribution < 1.29 is 17.9 Å². The Balaban J connectivity index is 2.35. The Kier molecular flexibility index (Phi) is 2.97. The molecule has 2 rings (SSSR count). The fraction of sp³-hybridized carbons (Fsp3) is 0.455. The molecule has 0 atom stereocenters. The minimum absolute atomic E-state index is 0.264. The first-order valence-corrected chi connectivity index (χ1v) is 6.78. The molecule has 1 aliphatic rings. The van der Waals surface area contributed by atoms with Crippen LogP contribution in [0.5, 0.6) is 0 Å². The predicted octanol–water partition coefficient (Wildman–Crippen LogP) is 0.937. The standard InChI is InChI=1S/C11H14FNO3S/c1-8-2-3-9(12)10(6-8)17(15,16)13-11(7-14)4-5-11/h2-3,6,13-14H,4-5,7H2,1H3. The summed E-state index contributed by atoms with van der Waals surface area (Å²) in [6, 6.07) is 3.92. The number of hydrogen-bond acceptors (Lipinski definition) is 3. The molecule has 1 aromatic carbocycles. The molecule has 6 heteroatoms. The largest absolute Gasteiger partial charge is 0.394 e. The molecule has 0 saturated heterocycles. The molecular weight excluding hydrogens is 245 g/mol. The fourth-order valence-electron chi connectivity index (χ4n) is 1.60. The second-order valence-corrected chi connectivity index (χ2v) is 6.13. The van der Waals surface area contributed by atoms with Crippen LogP contribution >= 0.6 is 0 Å². The molecule has 2 N–H and O–H groups in total. The van der Waals surface area contributed by atoms with E-state index in [2.05, 4.69) is 4.72 Å². The molecule has 1 saturated carbocycles. The summed E-state index contributed by atoms with van der Waals surface area (Å²) in [5.41, 5.74) is -0.115. The summed E-state index contributed by atoms with van der Waals surface area (Å²) in [7, 11) is -3.91. The van der Waals surface area contributed by atoms with Gasteiger partial charge in [0, 0.05) is 0 Å². The monoisotopic (exact) mass is 259 g/mol. The van der Waals surface area contributed by atoms with Gasteiger partial charge in [-0.05, 0) is 37.5 Å². The van der Waals surface area contributed by atoms with Crippen LogP contribution in [0.3, 0.4) is 0 Å². The zero-order valence-corrected chi connectivity index (χ0v) is 10.2. The first-order valence-electron chi connectivity index (χ1n) is 5.30. The first-order chi connectivity index (χ1) is 7.88. The minimum Gasteiger partial charge on any atom is -0.394 e.